The standard InChI is InChI=1S/C12H19N3O4S2/c1-13-10-6-5-7-11(12(10)15(16)17)21(18,19)14-8-3-4-9-20-2/h5-7,13-14H,3-4,8-9H2,1-2H3. The molecular weight excluding hydrogens is 314 g/mol. The van der Waals surface area contributed by atoms with E-state index in [9.17, 15) is 18.5 Å². The van der Waals surface area contributed by atoms with Gasteiger partial charge in [0.1, 0.15) is 5.69 Å². The van der Waals surface area contributed by atoms with Gasteiger partial charge >= 0.3 is 5.69 Å². The van der Waals surface area contributed by atoms with Gasteiger partial charge in [-0.05, 0) is 37.0 Å². The SMILES string of the molecule is CNc1cccc(S(=O)(=O)NCCCCSC)c1[N+](=O)[O-]. The maximum atomic E-state index is 12.2. The lowest BCUT2D eigenvalue weighted by Gasteiger charge is -2.09. The van der Waals surface area contributed by atoms with Crippen molar-refractivity contribution < 1.29 is 13.3 Å². The third kappa shape index (κ3) is 4.87. The molecule has 0 bridgehead atoms. The second-order valence-corrected chi connectivity index (χ2v) is 6.98. The minimum absolute atomic E-state index is 0.172. The molecule has 21 heavy (non-hydrogen) atoms. The van der Waals surface area contributed by atoms with Gasteiger partial charge in [0.2, 0.25) is 10.0 Å². The first-order chi connectivity index (χ1) is 9.94. The number of hydrogen-bond donors (Lipinski definition) is 2. The van der Waals surface area contributed by atoms with Crippen LogP contribution >= 0.6 is 11.8 Å². The molecule has 0 aliphatic heterocycles. The molecule has 0 fully saturated rings. The molecule has 0 aromatic heterocycles. The predicted molar refractivity (Wildman–Crippen MR) is 85.4 cm³/mol. The Balaban J connectivity index is 2.95. The normalized spacial score (nSPS) is 11.3. The van der Waals surface area contributed by atoms with Gasteiger partial charge in [-0.2, -0.15) is 11.8 Å². The van der Waals surface area contributed by atoms with Crippen LogP contribution in [0.15, 0.2) is 23.1 Å². The third-order valence-electron chi connectivity index (χ3n) is 2.81. The summed E-state index contributed by atoms with van der Waals surface area (Å²) in [4.78, 5) is 10.1. The second-order valence-electron chi connectivity index (χ2n) is 4.26. The van der Waals surface area contributed by atoms with Crippen molar-refractivity contribution in [2.24, 2.45) is 0 Å². The van der Waals surface area contributed by atoms with E-state index in [2.05, 4.69) is 10.0 Å². The molecule has 0 saturated heterocycles. The van der Waals surface area contributed by atoms with Crippen LogP contribution in [0.5, 0.6) is 0 Å². The number of para-hydroxylation sites is 1. The molecule has 1 rings (SSSR count). The van der Waals surface area contributed by atoms with E-state index in [-0.39, 0.29) is 17.1 Å². The van der Waals surface area contributed by atoms with Gasteiger partial charge in [0.25, 0.3) is 0 Å². The molecule has 0 spiro atoms. The highest BCUT2D eigenvalue weighted by Gasteiger charge is 2.28. The Labute approximate surface area is 128 Å². The highest BCUT2D eigenvalue weighted by Crippen LogP contribution is 2.31. The van der Waals surface area contributed by atoms with Crippen molar-refractivity contribution >= 4 is 33.2 Å². The molecule has 118 valence electrons. The van der Waals surface area contributed by atoms with Crippen molar-refractivity contribution in [2.75, 3.05) is 30.9 Å². The van der Waals surface area contributed by atoms with Crippen molar-refractivity contribution in [1.82, 2.24) is 4.72 Å². The smallest absolute Gasteiger partial charge is 0.312 e. The number of benzene rings is 1. The van der Waals surface area contributed by atoms with Crippen LogP contribution in [-0.2, 0) is 10.0 Å². The van der Waals surface area contributed by atoms with E-state index < -0.39 is 20.6 Å². The number of thioether (sulfide) groups is 1. The van der Waals surface area contributed by atoms with Crippen LogP contribution in [0.2, 0.25) is 0 Å². The molecule has 2 N–H and O–H groups in total. The molecule has 0 atom stereocenters. The first-order valence-electron chi connectivity index (χ1n) is 6.37. The van der Waals surface area contributed by atoms with Crippen molar-refractivity contribution in [3.8, 4) is 0 Å². The Morgan fingerprint density at radius 3 is 2.62 bits per heavy atom. The number of rotatable bonds is 9. The van der Waals surface area contributed by atoms with Gasteiger partial charge in [0.05, 0.1) is 4.92 Å². The Hall–Kier alpha value is -1.32. The van der Waals surface area contributed by atoms with Gasteiger partial charge in [-0.15, -0.1) is 0 Å². The highest BCUT2D eigenvalue weighted by molar-refractivity contribution is 7.98. The van der Waals surface area contributed by atoms with E-state index in [4.69, 9.17) is 0 Å². The summed E-state index contributed by atoms with van der Waals surface area (Å²) in [6, 6.07) is 4.18. The van der Waals surface area contributed by atoms with Crippen LogP contribution in [0.1, 0.15) is 12.8 Å². The van der Waals surface area contributed by atoms with Crippen molar-refractivity contribution in [2.45, 2.75) is 17.7 Å². The van der Waals surface area contributed by atoms with Crippen molar-refractivity contribution in [3.63, 3.8) is 0 Å². The number of sulfonamides is 1. The fourth-order valence-corrected chi connectivity index (χ4v) is 3.54. The zero-order valence-corrected chi connectivity index (χ0v) is 13.6. The van der Waals surface area contributed by atoms with E-state index in [0.29, 0.717) is 6.42 Å². The lowest BCUT2D eigenvalue weighted by molar-refractivity contribution is -0.386. The first-order valence-corrected chi connectivity index (χ1v) is 9.25. The summed E-state index contributed by atoms with van der Waals surface area (Å²) in [5.41, 5.74) is -0.262. The monoisotopic (exact) mass is 333 g/mol. The molecule has 0 radical (unpaired) electrons. The maximum absolute atomic E-state index is 12.2. The molecule has 0 aliphatic carbocycles. The Kier molecular flexibility index (Phi) is 6.93. The number of nitro benzene ring substituents is 1. The van der Waals surface area contributed by atoms with E-state index in [1.54, 1.807) is 11.8 Å². The molecule has 0 saturated carbocycles. The second kappa shape index (κ2) is 8.20. The molecule has 0 unspecified atom stereocenters. The quantitative estimate of drug-likeness (QED) is 0.407. The Morgan fingerprint density at radius 2 is 2.05 bits per heavy atom. The van der Waals surface area contributed by atoms with E-state index >= 15 is 0 Å². The van der Waals surface area contributed by atoms with Gasteiger partial charge in [-0.1, -0.05) is 6.07 Å². The molecule has 7 nitrogen and oxygen atoms in total. The summed E-state index contributed by atoms with van der Waals surface area (Å²) in [5.74, 6) is 0.955. The summed E-state index contributed by atoms with van der Waals surface area (Å²) < 4.78 is 26.8. The highest BCUT2D eigenvalue weighted by atomic mass is 32.2. The van der Waals surface area contributed by atoms with E-state index in [0.717, 1.165) is 12.2 Å². The number of hydrogen-bond acceptors (Lipinski definition) is 6. The van der Waals surface area contributed by atoms with Gasteiger partial charge in [0, 0.05) is 13.6 Å². The Morgan fingerprint density at radius 1 is 1.33 bits per heavy atom. The van der Waals surface area contributed by atoms with Crippen LogP contribution in [0.3, 0.4) is 0 Å². The molecule has 0 heterocycles. The summed E-state index contributed by atoms with van der Waals surface area (Å²) in [5, 5.41) is 13.8. The number of nitro groups is 1. The minimum Gasteiger partial charge on any atom is -0.383 e. The zero-order chi connectivity index (χ0) is 15.9. The van der Waals surface area contributed by atoms with Crippen molar-refractivity contribution in [3.05, 3.63) is 28.3 Å². The minimum atomic E-state index is -3.89. The van der Waals surface area contributed by atoms with Crippen LogP contribution in [0.25, 0.3) is 0 Å². The molecule has 9 heteroatoms. The lowest BCUT2D eigenvalue weighted by Crippen LogP contribution is -2.25. The maximum Gasteiger partial charge on any atom is 0.312 e. The lowest BCUT2D eigenvalue weighted by atomic mass is 10.3. The molecular formula is C12H19N3O4S2. The fraction of sp³-hybridized carbons (Fsp3) is 0.500. The van der Waals surface area contributed by atoms with E-state index in [1.807, 2.05) is 6.26 Å². The van der Waals surface area contributed by atoms with Crippen LogP contribution in [-0.4, -0.2) is 38.9 Å². The average molecular weight is 333 g/mol. The molecule has 1 aromatic rings. The van der Waals surface area contributed by atoms with Crippen LogP contribution in [0.4, 0.5) is 11.4 Å². The fourth-order valence-electron chi connectivity index (χ4n) is 1.78. The number of nitrogens with zero attached hydrogens (tertiary/aromatic N) is 1. The summed E-state index contributed by atoms with van der Waals surface area (Å²) in [7, 11) is -2.39. The molecule has 1 aromatic carbocycles. The van der Waals surface area contributed by atoms with Gasteiger partial charge < -0.3 is 5.32 Å². The largest absolute Gasteiger partial charge is 0.383 e. The van der Waals surface area contributed by atoms with Gasteiger partial charge in [-0.3, -0.25) is 10.1 Å². The van der Waals surface area contributed by atoms with Crippen molar-refractivity contribution in [1.29, 1.82) is 0 Å². The molecule has 0 amide bonds. The molecule has 0 aliphatic rings. The summed E-state index contributed by atoms with van der Waals surface area (Å²) in [6.45, 7) is 0.268. The van der Waals surface area contributed by atoms with Crippen LogP contribution in [0, 0.1) is 10.1 Å². The first kappa shape index (κ1) is 17.7. The number of unbranched alkanes of at least 4 members (excludes halogenated alkanes) is 1. The zero-order valence-electron chi connectivity index (χ0n) is 12.0. The van der Waals surface area contributed by atoms with Gasteiger partial charge in [-0.25, -0.2) is 13.1 Å². The summed E-state index contributed by atoms with van der Waals surface area (Å²) in [6.07, 6.45) is 3.57. The van der Waals surface area contributed by atoms with Crippen LogP contribution < -0.4 is 10.0 Å². The van der Waals surface area contributed by atoms with E-state index in [1.165, 1.54) is 25.2 Å². The topological polar surface area (TPSA) is 101 Å². The number of nitrogens with one attached hydrogen (secondary N) is 2. The third-order valence-corrected chi connectivity index (χ3v) is 5.00. The predicted octanol–water partition coefficient (Wildman–Crippen LogP) is 2.06. The summed E-state index contributed by atoms with van der Waals surface area (Å²) >= 11 is 1.69. The Bertz CT molecular complexity index is 590. The number of anilines is 1. The van der Waals surface area contributed by atoms with Gasteiger partial charge in [0.15, 0.2) is 4.90 Å². The average Bonchev–Trinajstić information content (AvgIpc) is 2.46.